The molecule has 21 heavy (non-hydrogen) atoms. The van der Waals surface area contributed by atoms with E-state index in [0.29, 0.717) is 12.1 Å². The van der Waals surface area contributed by atoms with Gasteiger partial charge in [0.25, 0.3) is 0 Å². The second-order valence-corrected chi connectivity index (χ2v) is 8.14. The SMILES string of the molecule is Cc1nc(C)c(C(C)NCC2CCC3CCCCC3N2)s1. The minimum absolute atomic E-state index is 0.419. The molecule has 1 saturated heterocycles. The fourth-order valence-corrected chi connectivity index (χ4v) is 5.05. The summed E-state index contributed by atoms with van der Waals surface area (Å²) in [5.41, 5.74) is 1.20. The number of hydrogen-bond acceptors (Lipinski definition) is 4. The van der Waals surface area contributed by atoms with Crippen LogP contribution in [0.4, 0.5) is 0 Å². The minimum Gasteiger partial charge on any atom is -0.310 e. The summed E-state index contributed by atoms with van der Waals surface area (Å²) in [5.74, 6) is 0.957. The summed E-state index contributed by atoms with van der Waals surface area (Å²) in [6.45, 7) is 7.58. The van der Waals surface area contributed by atoms with E-state index in [2.05, 4.69) is 36.4 Å². The highest BCUT2D eigenvalue weighted by molar-refractivity contribution is 7.11. The highest BCUT2D eigenvalue weighted by atomic mass is 32.1. The molecule has 2 heterocycles. The Kier molecular flexibility index (Phi) is 4.97. The summed E-state index contributed by atoms with van der Waals surface area (Å²) in [5, 5.41) is 8.81. The van der Waals surface area contributed by atoms with Gasteiger partial charge in [-0.3, -0.25) is 0 Å². The zero-order valence-electron chi connectivity index (χ0n) is 13.6. The predicted molar refractivity (Wildman–Crippen MR) is 89.9 cm³/mol. The molecule has 1 aromatic heterocycles. The summed E-state index contributed by atoms with van der Waals surface area (Å²) in [6, 6.07) is 1.87. The second-order valence-electron chi connectivity index (χ2n) is 6.90. The van der Waals surface area contributed by atoms with Crippen molar-refractivity contribution >= 4 is 11.3 Å². The average Bonchev–Trinajstić information content (AvgIpc) is 2.83. The summed E-state index contributed by atoms with van der Waals surface area (Å²) >= 11 is 1.83. The topological polar surface area (TPSA) is 37.0 Å². The lowest BCUT2D eigenvalue weighted by Gasteiger charge is -2.40. The van der Waals surface area contributed by atoms with E-state index in [1.807, 2.05) is 11.3 Å². The van der Waals surface area contributed by atoms with Crippen molar-refractivity contribution in [2.45, 2.75) is 77.4 Å². The maximum atomic E-state index is 4.54. The number of hydrogen-bond donors (Lipinski definition) is 2. The van der Waals surface area contributed by atoms with Crippen molar-refractivity contribution in [2.24, 2.45) is 5.92 Å². The van der Waals surface area contributed by atoms with Gasteiger partial charge in [-0.2, -0.15) is 0 Å². The molecule has 4 heteroatoms. The van der Waals surface area contributed by atoms with E-state index in [0.717, 1.165) is 18.5 Å². The first-order chi connectivity index (χ1) is 10.1. The third-order valence-corrected chi connectivity index (χ3v) is 6.50. The number of fused-ring (bicyclic) bond motifs is 1. The van der Waals surface area contributed by atoms with E-state index in [4.69, 9.17) is 0 Å². The van der Waals surface area contributed by atoms with Crippen LogP contribution >= 0.6 is 11.3 Å². The van der Waals surface area contributed by atoms with Crippen LogP contribution in [-0.4, -0.2) is 23.6 Å². The second kappa shape index (κ2) is 6.76. The lowest BCUT2D eigenvalue weighted by atomic mass is 9.78. The zero-order chi connectivity index (χ0) is 14.8. The van der Waals surface area contributed by atoms with Crippen LogP contribution < -0.4 is 10.6 Å². The lowest BCUT2D eigenvalue weighted by molar-refractivity contribution is 0.173. The first-order valence-corrected chi connectivity index (χ1v) is 9.38. The van der Waals surface area contributed by atoms with E-state index in [9.17, 15) is 0 Å². The van der Waals surface area contributed by atoms with E-state index in [1.54, 1.807) is 0 Å². The van der Waals surface area contributed by atoms with Crippen LogP contribution in [0.1, 0.15) is 67.1 Å². The van der Waals surface area contributed by atoms with Crippen molar-refractivity contribution in [1.82, 2.24) is 15.6 Å². The molecule has 3 nitrogen and oxygen atoms in total. The number of piperidine rings is 1. The van der Waals surface area contributed by atoms with Crippen molar-refractivity contribution in [3.63, 3.8) is 0 Å². The third kappa shape index (κ3) is 3.66. The van der Waals surface area contributed by atoms with Gasteiger partial charge in [0.15, 0.2) is 0 Å². The van der Waals surface area contributed by atoms with Gasteiger partial charge in [0.2, 0.25) is 0 Å². The lowest BCUT2D eigenvalue weighted by Crippen LogP contribution is -2.52. The Morgan fingerprint density at radius 2 is 2.05 bits per heavy atom. The number of rotatable bonds is 4. The number of aryl methyl sites for hydroxylation is 2. The Morgan fingerprint density at radius 3 is 2.81 bits per heavy atom. The Hall–Kier alpha value is -0.450. The number of thiazole rings is 1. The maximum Gasteiger partial charge on any atom is 0.0900 e. The molecule has 0 aromatic carbocycles. The van der Waals surface area contributed by atoms with E-state index in [-0.39, 0.29) is 0 Å². The zero-order valence-corrected chi connectivity index (χ0v) is 14.4. The summed E-state index contributed by atoms with van der Waals surface area (Å²) < 4.78 is 0. The van der Waals surface area contributed by atoms with Gasteiger partial charge >= 0.3 is 0 Å². The van der Waals surface area contributed by atoms with Crippen LogP contribution in [-0.2, 0) is 0 Å². The quantitative estimate of drug-likeness (QED) is 0.890. The molecule has 1 aromatic rings. The number of aromatic nitrogens is 1. The molecule has 3 rings (SSSR count). The van der Waals surface area contributed by atoms with Crippen LogP contribution in [0.3, 0.4) is 0 Å². The first kappa shape index (κ1) is 15.4. The predicted octanol–water partition coefficient (Wildman–Crippen LogP) is 3.72. The van der Waals surface area contributed by atoms with Crippen molar-refractivity contribution in [3.8, 4) is 0 Å². The van der Waals surface area contributed by atoms with Crippen LogP contribution in [0.5, 0.6) is 0 Å². The Morgan fingerprint density at radius 1 is 1.24 bits per heavy atom. The van der Waals surface area contributed by atoms with Crippen molar-refractivity contribution in [2.75, 3.05) is 6.54 Å². The van der Waals surface area contributed by atoms with E-state index in [1.165, 1.54) is 54.1 Å². The molecule has 4 atom stereocenters. The molecular weight excluding hydrogens is 278 g/mol. The molecular formula is C17H29N3S. The van der Waals surface area contributed by atoms with Gasteiger partial charge in [-0.1, -0.05) is 12.8 Å². The van der Waals surface area contributed by atoms with Crippen molar-refractivity contribution < 1.29 is 0 Å². The van der Waals surface area contributed by atoms with E-state index < -0.39 is 0 Å². The van der Waals surface area contributed by atoms with Gasteiger partial charge in [0.05, 0.1) is 10.7 Å². The van der Waals surface area contributed by atoms with Crippen LogP contribution in [0.2, 0.25) is 0 Å². The maximum absolute atomic E-state index is 4.54. The van der Waals surface area contributed by atoms with Gasteiger partial charge in [-0.05, 0) is 52.4 Å². The molecule has 0 spiro atoms. The molecule has 1 aliphatic carbocycles. The standard InChI is InChI=1S/C17H29N3S/c1-11(17-12(2)19-13(3)21-17)18-10-15-9-8-14-6-4-5-7-16(14)20-15/h11,14-16,18,20H,4-10H2,1-3H3. The Bertz CT molecular complexity index is 471. The third-order valence-electron chi connectivity index (χ3n) is 5.25. The largest absolute Gasteiger partial charge is 0.310 e. The van der Waals surface area contributed by atoms with E-state index >= 15 is 0 Å². The normalized spacial score (nSPS) is 30.9. The van der Waals surface area contributed by atoms with Gasteiger partial charge < -0.3 is 10.6 Å². The van der Waals surface area contributed by atoms with Crippen molar-refractivity contribution in [1.29, 1.82) is 0 Å². The van der Waals surface area contributed by atoms with Gasteiger partial charge in [0.1, 0.15) is 0 Å². The average molecular weight is 308 g/mol. The monoisotopic (exact) mass is 307 g/mol. The molecule has 2 fully saturated rings. The molecule has 0 amide bonds. The van der Waals surface area contributed by atoms with Crippen LogP contribution in [0.15, 0.2) is 0 Å². The summed E-state index contributed by atoms with van der Waals surface area (Å²) in [7, 11) is 0. The van der Waals surface area contributed by atoms with Crippen LogP contribution in [0, 0.1) is 19.8 Å². The fraction of sp³-hybridized carbons (Fsp3) is 0.824. The Labute approximate surface area is 132 Å². The number of nitrogens with zero attached hydrogens (tertiary/aromatic N) is 1. The fourth-order valence-electron chi connectivity index (χ4n) is 4.10. The van der Waals surface area contributed by atoms with Crippen molar-refractivity contribution in [3.05, 3.63) is 15.6 Å². The van der Waals surface area contributed by atoms with Gasteiger partial charge in [-0.25, -0.2) is 4.98 Å². The molecule has 2 N–H and O–H groups in total. The molecule has 1 saturated carbocycles. The smallest absolute Gasteiger partial charge is 0.0900 e. The molecule has 0 radical (unpaired) electrons. The molecule has 1 aliphatic heterocycles. The molecule has 0 bridgehead atoms. The van der Waals surface area contributed by atoms with Gasteiger partial charge in [-0.15, -0.1) is 11.3 Å². The summed E-state index contributed by atoms with van der Waals surface area (Å²) in [6.07, 6.45) is 8.48. The molecule has 2 aliphatic rings. The number of nitrogens with one attached hydrogen (secondary N) is 2. The van der Waals surface area contributed by atoms with Gasteiger partial charge in [0, 0.05) is 29.5 Å². The highest BCUT2D eigenvalue weighted by Gasteiger charge is 2.31. The minimum atomic E-state index is 0.419. The Balaban J connectivity index is 1.50. The van der Waals surface area contributed by atoms with Crippen LogP contribution in [0.25, 0.3) is 0 Å². The molecule has 4 unspecified atom stereocenters. The summed E-state index contributed by atoms with van der Waals surface area (Å²) in [4.78, 5) is 5.95. The highest BCUT2D eigenvalue weighted by Crippen LogP contribution is 2.32. The first-order valence-electron chi connectivity index (χ1n) is 8.57. The molecule has 118 valence electrons.